The standard InChI is InChI=1S/C24H24N2O.ClH/c25-24(16-15-18-7-3-1-4-8-18)17-22(24)19-11-13-21(14-12-19)26-23(27)20-9-5-2-6-10-20;/h1-14,22H,15-17,25H2,(H,26,27);1H/t22-,24-;/m0./s1. The van der Waals surface area contributed by atoms with E-state index < -0.39 is 0 Å². The maximum Gasteiger partial charge on any atom is 0.255 e. The quantitative estimate of drug-likeness (QED) is 0.607. The molecular formula is C24H25ClN2O. The summed E-state index contributed by atoms with van der Waals surface area (Å²) in [5.41, 5.74) is 10.5. The summed E-state index contributed by atoms with van der Waals surface area (Å²) >= 11 is 0. The van der Waals surface area contributed by atoms with Gasteiger partial charge in [0, 0.05) is 22.7 Å². The smallest absolute Gasteiger partial charge is 0.255 e. The largest absolute Gasteiger partial charge is 0.325 e. The highest BCUT2D eigenvalue weighted by atomic mass is 35.5. The summed E-state index contributed by atoms with van der Waals surface area (Å²) in [4.78, 5) is 12.2. The molecule has 0 heterocycles. The molecule has 2 atom stereocenters. The van der Waals surface area contributed by atoms with E-state index in [0.717, 1.165) is 24.9 Å². The molecule has 1 saturated carbocycles. The van der Waals surface area contributed by atoms with Crippen molar-refractivity contribution < 1.29 is 4.79 Å². The number of benzene rings is 3. The monoisotopic (exact) mass is 392 g/mol. The maximum atomic E-state index is 12.2. The average Bonchev–Trinajstić information content (AvgIpc) is 3.40. The summed E-state index contributed by atoms with van der Waals surface area (Å²) < 4.78 is 0. The Kier molecular flexibility index (Phi) is 6.18. The summed E-state index contributed by atoms with van der Waals surface area (Å²) in [6.45, 7) is 0. The molecule has 3 aromatic rings. The van der Waals surface area contributed by atoms with Gasteiger partial charge < -0.3 is 11.1 Å². The predicted molar refractivity (Wildman–Crippen MR) is 117 cm³/mol. The first kappa shape index (κ1) is 20.1. The number of nitrogens with one attached hydrogen (secondary N) is 1. The topological polar surface area (TPSA) is 55.1 Å². The van der Waals surface area contributed by atoms with Crippen molar-refractivity contribution in [2.24, 2.45) is 5.73 Å². The normalized spacial score (nSPS) is 20.1. The van der Waals surface area contributed by atoms with E-state index in [1.165, 1.54) is 11.1 Å². The highest BCUT2D eigenvalue weighted by Crippen LogP contribution is 2.52. The van der Waals surface area contributed by atoms with Gasteiger partial charge in [-0.2, -0.15) is 0 Å². The van der Waals surface area contributed by atoms with Gasteiger partial charge in [-0.25, -0.2) is 0 Å². The Labute approximate surface area is 172 Å². The van der Waals surface area contributed by atoms with Crippen molar-refractivity contribution in [1.82, 2.24) is 0 Å². The molecular weight excluding hydrogens is 368 g/mol. The molecule has 3 N–H and O–H groups in total. The number of carbonyl (C=O) groups excluding carboxylic acids is 1. The van der Waals surface area contributed by atoms with Gasteiger partial charge in [-0.05, 0) is 54.7 Å². The third kappa shape index (κ3) is 4.61. The van der Waals surface area contributed by atoms with E-state index in [1.807, 2.05) is 48.5 Å². The van der Waals surface area contributed by atoms with Crippen LogP contribution in [0.15, 0.2) is 84.9 Å². The second kappa shape index (κ2) is 8.59. The lowest BCUT2D eigenvalue weighted by molar-refractivity contribution is 0.102. The van der Waals surface area contributed by atoms with Crippen molar-refractivity contribution in [2.75, 3.05) is 5.32 Å². The Morgan fingerprint density at radius 3 is 2.18 bits per heavy atom. The molecule has 1 fully saturated rings. The van der Waals surface area contributed by atoms with Crippen molar-refractivity contribution >= 4 is 24.0 Å². The molecule has 0 bridgehead atoms. The summed E-state index contributed by atoms with van der Waals surface area (Å²) in [7, 11) is 0. The number of carbonyl (C=O) groups is 1. The number of nitrogens with two attached hydrogens (primary N) is 1. The Balaban J connectivity index is 0.00000225. The minimum absolute atomic E-state index is 0. The zero-order valence-corrected chi connectivity index (χ0v) is 16.5. The molecule has 4 rings (SSSR count). The molecule has 0 aromatic heterocycles. The van der Waals surface area contributed by atoms with Gasteiger partial charge in [0.05, 0.1) is 0 Å². The molecule has 0 radical (unpaired) electrons. The zero-order chi connectivity index (χ0) is 18.7. The first-order chi connectivity index (χ1) is 13.1. The van der Waals surface area contributed by atoms with E-state index >= 15 is 0 Å². The van der Waals surface area contributed by atoms with Crippen LogP contribution >= 0.6 is 12.4 Å². The molecule has 28 heavy (non-hydrogen) atoms. The molecule has 4 heteroatoms. The van der Waals surface area contributed by atoms with Crippen molar-refractivity contribution in [1.29, 1.82) is 0 Å². The van der Waals surface area contributed by atoms with E-state index in [2.05, 4.69) is 41.7 Å². The van der Waals surface area contributed by atoms with Gasteiger partial charge in [-0.1, -0.05) is 60.7 Å². The minimum atomic E-state index is -0.107. The Morgan fingerprint density at radius 1 is 0.929 bits per heavy atom. The summed E-state index contributed by atoms with van der Waals surface area (Å²) in [6.07, 6.45) is 3.03. The van der Waals surface area contributed by atoms with Gasteiger partial charge in [0.1, 0.15) is 0 Å². The fourth-order valence-corrected chi connectivity index (χ4v) is 3.66. The van der Waals surface area contributed by atoms with Crippen molar-refractivity contribution in [3.05, 3.63) is 102 Å². The van der Waals surface area contributed by atoms with Gasteiger partial charge in [-0.3, -0.25) is 4.79 Å². The van der Waals surface area contributed by atoms with Gasteiger partial charge >= 0.3 is 0 Å². The van der Waals surface area contributed by atoms with Crippen molar-refractivity contribution in [2.45, 2.75) is 30.7 Å². The van der Waals surface area contributed by atoms with E-state index in [4.69, 9.17) is 5.73 Å². The third-order valence-corrected chi connectivity index (χ3v) is 5.45. The molecule has 0 spiro atoms. The number of anilines is 1. The molecule has 3 nitrogen and oxygen atoms in total. The van der Waals surface area contributed by atoms with Crippen LogP contribution in [0.25, 0.3) is 0 Å². The fourth-order valence-electron chi connectivity index (χ4n) is 3.66. The molecule has 3 aromatic carbocycles. The number of amides is 1. The SMILES string of the molecule is Cl.N[C@@]1(CCc2ccccc2)C[C@H]1c1ccc(NC(=O)c2ccccc2)cc1. The maximum absolute atomic E-state index is 12.2. The lowest BCUT2D eigenvalue weighted by atomic mass is 9.99. The first-order valence-electron chi connectivity index (χ1n) is 9.43. The second-order valence-corrected chi connectivity index (χ2v) is 7.42. The van der Waals surface area contributed by atoms with Crippen LogP contribution in [0.1, 0.15) is 40.2 Å². The summed E-state index contributed by atoms with van der Waals surface area (Å²) in [6, 6.07) is 27.9. The fraction of sp³-hybridized carbons (Fsp3) is 0.208. The van der Waals surface area contributed by atoms with Crippen molar-refractivity contribution in [3.63, 3.8) is 0 Å². The van der Waals surface area contributed by atoms with Crippen molar-refractivity contribution in [3.8, 4) is 0 Å². The van der Waals surface area contributed by atoms with Crippen LogP contribution in [0.3, 0.4) is 0 Å². The van der Waals surface area contributed by atoms with Crippen LogP contribution in [-0.4, -0.2) is 11.4 Å². The van der Waals surface area contributed by atoms with Crippen LogP contribution in [-0.2, 0) is 6.42 Å². The number of hydrogen-bond acceptors (Lipinski definition) is 2. The van der Waals surface area contributed by atoms with Gasteiger partial charge in [0.2, 0.25) is 0 Å². The minimum Gasteiger partial charge on any atom is -0.325 e. The van der Waals surface area contributed by atoms with Crippen LogP contribution in [0, 0.1) is 0 Å². The Morgan fingerprint density at radius 2 is 1.54 bits per heavy atom. The Bertz CT molecular complexity index is 912. The molecule has 1 aliphatic rings. The van der Waals surface area contributed by atoms with Crippen LogP contribution in [0.4, 0.5) is 5.69 Å². The van der Waals surface area contributed by atoms with E-state index in [-0.39, 0.29) is 23.9 Å². The molecule has 1 aliphatic carbocycles. The van der Waals surface area contributed by atoms with Gasteiger partial charge in [0.25, 0.3) is 5.91 Å². The van der Waals surface area contributed by atoms with Gasteiger partial charge in [0.15, 0.2) is 0 Å². The highest BCUT2D eigenvalue weighted by Gasteiger charge is 2.50. The first-order valence-corrected chi connectivity index (χ1v) is 9.43. The molecule has 0 unspecified atom stereocenters. The zero-order valence-electron chi connectivity index (χ0n) is 15.7. The van der Waals surface area contributed by atoms with Crippen LogP contribution in [0.2, 0.25) is 0 Å². The lowest BCUT2D eigenvalue weighted by Crippen LogP contribution is -2.25. The molecule has 0 aliphatic heterocycles. The molecule has 144 valence electrons. The highest BCUT2D eigenvalue weighted by molar-refractivity contribution is 6.04. The number of aryl methyl sites for hydroxylation is 1. The number of hydrogen-bond donors (Lipinski definition) is 2. The van der Waals surface area contributed by atoms with Crippen LogP contribution in [0.5, 0.6) is 0 Å². The number of rotatable bonds is 6. The lowest BCUT2D eigenvalue weighted by Gasteiger charge is -2.12. The number of halogens is 1. The third-order valence-electron chi connectivity index (χ3n) is 5.45. The van der Waals surface area contributed by atoms with E-state index in [1.54, 1.807) is 0 Å². The molecule has 0 saturated heterocycles. The van der Waals surface area contributed by atoms with Gasteiger partial charge in [-0.15, -0.1) is 12.4 Å². The molecule has 1 amide bonds. The predicted octanol–water partition coefficient (Wildman–Crippen LogP) is 5.18. The Hall–Kier alpha value is -2.62. The van der Waals surface area contributed by atoms with E-state index in [9.17, 15) is 4.79 Å². The summed E-state index contributed by atoms with van der Waals surface area (Å²) in [5.74, 6) is 0.311. The van der Waals surface area contributed by atoms with E-state index in [0.29, 0.717) is 11.5 Å². The average molecular weight is 393 g/mol. The van der Waals surface area contributed by atoms with Crippen LogP contribution < -0.4 is 11.1 Å². The second-order valence-electron chi connectivity index (χ2n) is 7.42. The summed E-state index contributed by atoms with van der Waals surface area (Å²) in [5, 5.41) is 2.94.